The molecule has 0 aromatic heterocycles. The number of nitrogens with one attached hydrogen (secondary N) is 2. The standard InChI is InChI=1S/C15H24N2O3S/c1-2-17-21(19,20)15-9-5-13(6-10-15)16-11-12-3-7-14(18)8-4-12/h5-6,9-10,12,14,16-18H,2-4,7-8,11H2,1H3. The second-order valence-corrected chi connectivity index (χ2v) is 7.35. The normalized spacial score (nSPS) is 23.0. The van der Waals surface area contributed by atoms with Gasteiger partial charge in [-0.05, 0) is 55.9 Å². The summed E-state index contributed by atoms with van der Waals surface area (Å²) < 4.78 is 26.1. The molecule has 21 heavy (non-hydrogen) atoms. The largest absolute Gasteiger partial charge is 0.393 e. The predicted molar refractivity (Wildman–Crippen MR) is 83.8 cm³/mol. The van der Waals surface area contributed by atoms with Gasteiger partial charge in [0.15, 0.2) is 0 Å². The average molecular weight is 312 g/mol. The Kier molecular flexibility index (Phi) is 5.61. The number of rotatable bonds is 6. The number of anilines is 1. The van der Waals surface area contributed by atoms with E-state index in [-0.39, 0.29) is 11.0 Å². The zero-order valence-electron chi connectivity index (χ0n) is 12.4. The molecule has 5 nitrogen and oxygen atoms in total. The summed E-state index contributed by atoms with van der Waals surface area (Å²) in [4.78, 5) is 0.288. The highest BCUT2D eigenvalue weighted by Crippen LogP contribution is 2.24. The first kappa shape index (κ1) is 16.3. The number of sulfonamides is 1. The molecule has 6 heteroatoms. The van der Waals surface area contributed by atoms with Crippen molar-refractivity contribution < 1.29 is 13.5 Å². The fraction of sp³-hybridized carbons (Fsp3) is 0.600. The molecule has 1 aromatic rings. The molecular weight excluding hydrogens is 288 g/mol. The van der Waals surface area contributed by atoms with Gasteiger partial charge in [0, 0.05) is 18.8 Å². The minimum absolute atomic E-state index is 0.128. The molecule has 1 aromatic carbocycles. The fourth-order valence-electron chi connectivity index (χ4n) is 2.64. The molecule has 0 spiro atoms. The van der Waals surface area contributed by atoms with Crippen LogP contribution in [0.4, 0.5) is 5.69 Å². The minimum atomic E-state index is -3.37. The molecule has 1 fully saturated rings. The lowest BCUT2D eigenvalue weighted by atomic mass is 9.87. The van der Waals surface area contributed by atoms with E-state index in [1.165, 1.54) is 0 Å². The molecule has 0 aliphatic heterocycles. The second-order valence-electron chi connectivity index (χ2n) is 5.58. The molecule has 0 atom stereocenters. The molecule has 3 N–H and O–H groups in total. The number of hydrogen-bond donors (Lipinski definition) is 3. The Balaban J connectivity index is 1.88. The van der Waals surface area contributed by atoms with Crippen LogP contribution in [-0.4, -0.2) is 32.7 Å². The molecule has 118 valence electrons. The first-order chi connectivity index (χ1) is 10.0. The molecule has 0 bridgehead atoms. The summed E-state index contributed by atoms with van der Waals surface area (Å²) in [6, 6.07) is 6.82. The van der Waals surface area contributed by atoms with Crippen LogP contribution >= 0.6 is 0 Å². The minimum Gasteiger partial charge on any atom is -0.393 e. The highest BCUT2D eigenvalue weighted by Gasteiger charge is 2.19. The van der Waals surface area contributed by atoms with Crippen molar-refractivity contribution >= 4 is 15.7 Å². The van der Waals surface area contributed by atoms with E-state index in [4.69, 9.17) is 0 Å². The summed E-state index contributed by atoms with van der Waals surface area (Å²) in [6.07, 6.45) is 3.72. The quantitative estimate of drug-likeness (QED) is 0.750. The number of aliphatic hydroxyl groups is 1. The molecule has 0 saturated heterocycles. The third-order valence-corrected chi connectivity index (χ3v) is 5.47. The van der Waals surface area contributed by atoms with Gasteiger partial charge < -0.3 is 10.4 Å². The lowest BCUT2D eigenvalue weighted by Crippen LogP contribution is -2.24. The van der Waals surface area contributed by atoms with Crippen molar-refractivity contribution in [3.8, 4) is 0 Å². The SMILES string of the molecule is CCNS(=O)(=O)c1ccc(NCC2CCC(O)CC2)cc1. The first-order valence-corrected chi connectivity index (χ1v) is 9.01. The first-order valence-electron chi connectivity index (χ1n) is 7.53. The van der Waals surface area contributed by atoms with Gasteiger partial charge in [0.25, 0.3) is 0 Å². The van der Waals surface area contributed by atoms with Crippen molar-refractivity contribution in [2.45, 2.75) is 43.6 Å². The molecule has 1 saturated carbocycles. The average Bonchev–Trinajstić information content (AvgIpc) is 2.47. The summed E-state index contributed by atoms with van der Waals surface area (Å²) in [6.45, 7) is 3.01. The fourth-order valence-corrected chi connectivity index (χ4v) is 3.68. The van der Waals surface area contributed by atoms with Gasteiger partial charge in [-0.1, -0.05) is 6.92 Å². The van der Waals surface area contributed by atoms with Crippen LogP contribution in [0.3, 0.4) is 0 Å². The van der Waals surface area contributed by atoms with Gasteiger partial charge in [-0.2, -0.15) is 0 Å². The number of benzene rings is 1. The highest BCUT2D eigenvalue weighted by molar-refractivity contribution is 7.89. The number of hydrogen-bond acceptors (Lipinski definition) is 4. The van der Waals surface area contributed by atoms with Crippen LogP contribution in [0.2, 0.25) is 0 Å². The smallest absolute Gasteiger partial charge is 0.240 e. The Morgan fingerprint density at radius 2 is 1.76 bits per heavy atom. The lowest BCUT2D eigenvalue weighted by molar-refractivity contribution is 0.111. The highest BCUT2D eigenvalue weighted by atomic mass is 32.2. The Hall–Kier alpha value is -1.11. The molecule has 0 unspecified atom stereocenters. The van der Waals surface area contributed by atoms with E-state index in [0.717, 1.165) is 37.9 Å². The van der Waals surface area contributed by atoms with Crippen LogP contribution in [0.25, 0.3) is 0 Å². The molecule has 0 amide bonds. The van der Waals surface area contributed by atoms with Crippen LogP contribution in [0, 0.1) is 5.92 Å². The van der Waals surface area contributed by atoms with Crippen LogP contribution in [-0.2, 0) is 10.0 Å². The van der Waals surface area contributed by atoms with Gasteiger partial charge in [-0.15, -0.1) is 0 Å². The summed E-state index contributed by atoms with van der Waals surface area (Å²) in [5.41, 5.74) is 0.927. The van der Waals surface area contributed by atoms with E-state index in [1.54, 1.807) is 31.2 Å². The van der Waals surface area contributed by atoms with E-state index >= 15 is 0 Å². The Bertz CT molecular complexity index is 535. The van der Waals surface area contributed by atoms with E-state index in [2.05, 4.69) is 10.0 Å². The maximum absolute atomic E-state index is 11.8. The molecule has 0 radical (unpaired) electrons. The Morgan fingerprint density at radius 1 is 1.14 bits per heavy atom. The molecular formula is C15H24N2O3S. The third kappa shape index (κ3) is 4.69. The summed E-state index contributed by atoms with van der Waals surface area (Å²) >= 11 is 0. The Morgan fingerprint density at radius 3 is 2.33 bits per heavy atom. The predicted octanol–water partition coefficient (Wildman–Crippen LogP) is 1.95. The van der Waals surface area contributed by atoms with Crippen molar-refractivity contribution in [1.29, 1.82) is 0 Å². The van der Waals surface area contributed by atoms with E-state index in [0.29, 0.717) is 12.5 Å². The van der Waals surface area contributed by atoms with Crippen molar-refractivity contribution in [3.63, 3.8) is 0 Å². The Labute approximate surface area is 126 Å². The van der Waals surface area contributed by atoms with Crippen molar-refractivity contribution in [2.24, 2.45) is 5.92 Å². The summed E-state index contributed by atoms with van der Waals surface area (Å²) in [5.74, 6) is 0.582. The third-order valence-electron chi connectivity index (χ3n) is 3.91. The van der Waals surface area contributed by atoms with Gasteiger partial charge in [0.05, 0.1) is 11.0 Å². The molecule has 0 heterocycles. The monoisotopic (exact) mass is 312 g/mol. The zero-order chi connectivity index (χ0) is 15.3. The van der Waals surface area contributed by atoms with E-state index < -0.39 is 10.0 Å². The molecule has 1 aliphatic carbocycles. The van der Waals surface area contributed by atoms with E-state index in [9.17, 15) is 13.5 Å². The van der Waals surface area contributed by atoms with Crippen LogP contribution in [0.5, 0.6) is 0 Å². The van der Waals surface area contributed by atoms with Crippen molar-refractivity contribution in [1.82, 2.24) is 4.72 Å². The van der Waals surface area contributed by atoms with Gasteiger partial charge >= 0.3 is 0 Å². The number of aliphatic hydroxyl groups excluding tert-OH is 1. The maximum Gasteiger partial charge on any atom is 0.240 e. The molecule has 1 aliphatic rings. The van der Waals surface area contributed by atoms with Gasteiger partial charge in [0.1, 0.15) is 0 Å². The van der Waals surface area contributed by atoms with Crippen LogP contribution in [0.15, 0.2) is 29.2 Å². The lowest BCUT2D eigenvalue weighted by Gasteiger charge is -2.25. The van der Waals surface area contributed by atoms with Crippen molar-refractivity contribution in [2.75, 3.05) is 18.4 Å². The van der Waals surface area contributed by atoms with Crippen LogP contribution < -0.4 is 10.0 Å². The second kappa shape index (κ2) is 7.24. The van der Waals surface area contributed by atoms with Crippen LogP contribution in [0.1, 0.15) is 32.6 Å². The molecule has 2 rings (SSSR count). The summed E-state index contributed by atoms with van der Waals surface area (Å²) in [7, 11) is -3.37. The maximum atomic E-state index is 11.8. The zero-order valence-corrected chi connectivity index (χ0v) is 13.2. The van der Waals surface area contributed by atoms with E-state index in [1.807, 2.05) is 0 Å². The van der Waals surface area contributed by atoms with Gasteiger partial charge in [-0.3, -0.25) is 0 Å². The van der Waals surface area contributed by atoms with Gasteiger partial charge in [-0.25, -0.2) is 13.1 Å². The topological polar surface area (TPSA) is 78.4 Å². The summed E-state index contributed by atoms with van der Waals surface area (Å²) in [5, 5.41) is 12.8. The van der Waals surface area contributed by atoms with Crippen molar-refractivity contribution in [3.05, 3.63) is 24.3 Å². The van der Waals surface area contributed by atoms with Gasteiger partial charge in [0.2, 0.25) is 10.0 Å².